The van der Waals surface area contributed by atoms with Gasteiger partial charge in [0.15, 0.2) is 0 Å². The fourth-order valence-electron chi connectivity index (χ4n) is 2.26. The molecule has 2 rings (SSSR count). The number of likely N-dealkylation sites (tertiary alicyclic amines) is 1. The second kappa shape index (κ2) is 4.81. The molecule has 1 aromatic rings. The minimum atomic E-state index is 0.323. The molecule has 16 heavy (non-hydrogen) atoms. The second-order valence-corrected chi connectivity index (χ2v) is 4.80. The van der Waals surface area contributed by atoms with Gasteiger partial charge in [-0.05, 0) is 17.1 Å². The van der Waals surface area contributed by atoms with Crippen molar-refractivity contribution < 1.29 is 0 Å². The van der Waals surface area contributed by atoms with Gasteiger partial charge in [-0.3, -0.25) is 4.90 Å². The van der Waals surface area contributed by atoms with E-state index < -0.39 is 0 Å². The Kier molecular flexibility index (Phi) is 3.42. The van der Waals surface area contributed by atoms with E-state index in [9.17, 15) is 0 Å². The second-order valence-electron chi connectivity index (χ2n) is 4.80. The Hall–Kier alpha value is -1.12. The molecule has 0 aromatic heterocycles. The molecule has 2 nitrogen and oxygen atoms in total. The molecule has 1 heterocycles. The molecule has 1 aromatic carbocycles. The van der Waals surface area contributed by atoms with Gasteiger partial charge in [0.2, 0.25) is 0 Å². The Morgan fingerprint density at radius 1 is 1.38 bits per heavy atom. The van der Waals surface area contributed by atoms with Crippen molar-refractivity contribution in [3.8, 4) is 0 Å². The molecule has 1 saturated heterocycles. The summed E-state index contributed by atoms with van der Waals surface area (Å²) in [6, 6.07) is 10.7. The fourth-order valence-corrected chi connectivity index (χ4v) is 2.26. The van der Waals surface area contributed by atoms with Crippen LogP contribution in [0, 0.1) is 5.92 Å². The molecule has 86 valence electrons. The van der Waals surface area contributed by atoms with E-state index in [-0.39, 0.29) is 0 Å². The van der Waals surface area contributed by atoms with E-state index in [0.29, 0.717) is 12.0 Å². The Balaban J connectivity index is 1.94. The van der Waals surface area contributed by atoms with Crippen LogP contribution in [0.25, 0.3) is 5.57 Å². The van der Waals surface area contributed by atoms with E-state index in [1.54, 1.807) is 0 Å². The maximum Gasteiger partial charge on any atom is 0.0234 e. The van der Waals surface area contributed by atoms with Crippen LogP contribution >= 0.6 is 0 Å². The summed E-state index contributed by atoms with van der Waals surface area (Å²) in [5, 5.41) is 0. The van der Waals surface area contributed by atoms with Crippen molar-refractivity contribution in [3.63, 3.8) is 0 Å². The highest BCUT2D eigenvalue weighted by atomic mass is 15.2. The van der Waals surface area contributed by atoms with Gasteiger partial charge < -0.3 is 5.73 Å². The maximum absolute atomic E-state index is 6.01. The third-order valence-corrected chi connectivity index (χ3v) is 3.34. The van der Waals surface area contributed by atoms with Crippen LogP contribution in [0.5, 0.6) is 0 Å². The van der Waals surface area contributed by atoms with E-state index >= 15 is 0 Å². The summed E-state index contributed by atoms with van der Waals surface area (Å²) in [6.45, 7) is 9.39. The molecule has 2 N–H and O–H groups in total. The van der Waals surface area contributed by atoms with E-state index in [0.717, 1.165) is 19.6 Å². The van der Waals surface area contributed by atoms with Crippen molar-refractivity contribution in [2.45, 2.75) is 13.0 Å². The number of rotatable bonds is 3. The molecule has 2 heteroatoms. The summed E-state index contributed by atoms with van der Waals surface area (Å²) in [5.41, 5.74) is 8.43. The average Bonchev–Trinajstić information content (AvgIpc) is 2.59. The first kappa shape index (κ1) is 11.4. The Morgan fingerprint density at radius 2 is 2.06 bits per heavy atom. The number of nitrogens with zero attached hydrogens (tertiary/aromatic N) is 1. The SMILES string of the molecule is C=C(CN1CC(C)C(N)C1)c1ccccc1. The van der Waals surface area contributed by atoms with Crippen LogP contribution in [-0.2, 0) is 0 Å². The summed E-state index contributed by atoms with van der Waals surface area (Å²) in [4.78, 5) is 2.39. The molecule has 0 radical (unpaired) electrons. The van der Waals surface area contributed by atoms with Gasteiger partial charge in [-0.15, -0.1) is 0 Å². The molecule has 2 unspecified atom stereocenters. The summed E-state index contributed by atoms with van der Waals surface area (Å²) in [5.74, 6) is 0.601. The fraction of sp³-hybridized carbons (Fsp3) is 0.429. The Morgan fingerprint density at radius 3 is 2.62 bits per heavy atom. The Labute approximate surface area is 97.8 Å². The van der Waals surface area contributed by atoms with Crippen LogP contribution in [0.15, 0.2) is 36.9 Å². The lowest BCUT2D eigenvalue weighted by Gasteiger charge is -2.17. The van der Waals surface area contributed by atoms with Gasteiger partial charge in [0.25, 0.3) is 0 Å². The standard InChI is InChI=1S/C14H20N2/c1-11(13-6-4-3-5-7-13)8-16-9-12(2)14(15)10-16/h3-7,12,14H,1,8-10,15H2,2H3. The normalized spacial score (nSPS) is 25.9. The topological polar surface area (TPSA) is 29.3 Å². The summed E-state index contributed by atoms with van der Waals surface area (Å²) >= 11 is 0. The van der Waals surface area contributed by atoms with E-state index in [2.05, 4.69) is 42.7 Å². The van der Waals surface area contributed by atoms with Crippen LogP contribution < -0.4 is 5.73 Å². The molecule has 0 bridgehead atoms. The summed E-state index contributed by atoms with van der Waals surface area (Å²) in [6.07, 6.45) is 0. The molecule has 0 saturated carbocycles. The van der Waals surface area contributed by atoms with Gasteiger partial charge in [-0.2, -0.15) is 0 Å². The first-order valence-electron chi connectivity index (χ1n) is 5.88. The quantitative estimate of drug-likeness (QED) is 0.837. The molecule has 1 fully saturated rings. The number of hydrogen-bond acceptors (Lipinski definition) is 2. The van der Waals surface area contributed by atoms with Crippen molar-refractivity contribution in [2.24, 2.45) is 11.7 Å². The van der Waals surface area contributed by atoms with Crippen molar-refractivity contribution in [1.82, 2.24) is 4.90 Å². The highest BCUT2D eigenvalue weighted by Gasteiger charge is 2.26. The lowest BCUT2D eigenvalue weighted by molar-refractivity contribution is 0.368. The minimum Gasteiger partial charge on any atom is -0.326 e. The van der Waals surface area contributed by atoms with Gasteiger partial charge in [0.1, 0.15) is 0 Å². The highest BCUT2D eigenvalue weighted by Crippen LogP contribution is 2.19. The van der Waals surface area contributed by atoms with Crippen molar-refractivity contribution in [3.05, 3.63) is 42.5 Å². The van der Waals surface area contributed by atoms with Gasteiger partial charge in [0.05, 0.1) is 0 Å². The smallest absolute Gasteiger partial charge is 0.0234 e. The first-order chi connectivity index (χ1) is 7.66. The molecular formula is C14H20N2. The predicted octanol–water partition coefficient (Wildman–Crippen LogP) is 1.98. The van der Waals surface area contributed by atoms with Gasteiger partial charge in [-0.25, -0.2) is 0 Å². The van der Waals surface area contributed by atoms with Crippen LogP contribution in [0.2, 0.25) is 0 Å². The Bertz CT molecular complexity index is 348. The zero-order valence-electron chi connectivity index (χ0n) is 9.89. The van der Waals surface area contributed by atoms with Crippen LogP contribution in [0.1, 0.15) is 12.5 Å². The van der Waals surface area contributed by atoms with Crippen LogP contribution in [0.4, 0.5) is 0 Å². The van der Waals surface area contributed by atoms with Gasteiger partial charge in [-0.1, -0.05) is 43.8 Å². The van der Waals surface area contributed by atoms with E-state index in [1.807, 2.05) is 6.07 Å². The zero-order chi connectivity index (χ0) is 11.5. The molecule has 1 aliphatic heterocycles. The molecule has 2 atom stereocenters. The third-order valence-electron chi connectivity index (χ3n) is 3.34. The number of nitrogens with two attached hydrogens (primary N) is 1. The molecule has 0 amide bonds. The van der Waals surface area contributed by atoms with Gasteiger partial charge in [0, 0.05) is 25.7 Å². The molecule has 1 aliphatic rings. The number of benzene rings is 1. The largest absolute Gasteiger partial charge is 0.326 e. The molecule has 0 spiro atoms. The minimum absolute atomic E-state index is 0.323. The molecular weight excluding hydrogens is 196 g/mol. The zero-order valence-corrected chi connectivity index (χ0v) is 9.89. The number of hydrogen-bond donors (Lipinski definition) is 1. The predicted molar refractivity (Wildman–Crippen MR) is 69.1 cm³/mol. The van der Waals surface area contributed by atoms with Crippen molar-refractivity contribution >= 4 is 5.57 Å². The lowest BCUT2D eigenvalue weighted by atomic mass is 10.1. The van der Waals surface area contributed by atoms with E-state index in [4.69, 9.17) is 5.73 Å². The third kappa shape index (κ3) is 2.52. The first-order valence-corrected chi connectivity index (χ1v) is 5.88. The average molecular weight is 216 g/mol. The van der Waals surface area contributed by atoms with Crippen molar-refractivity contribution in [1.29, 1.82) is 0 Å². The highest BCUT2D eigenvalue weighted by molar-refractivity contribution is 5.64. The molecule has 0 aliphatic carbocycles. The summed E-state index contributed by atoms with van der Waals surface area (Å²) < 4.78 is 0. The van der Waals surface area contributed by atoms with Crippen molar-refractivity contribution in [2.75, 3.05) is 19.6 Å². The summed E-state index contributed by atoms with van der Waals surface area (Å²) in [7, 11) is 0. The monoisotopic (exact) mass is 216 g/mol. The lowest BCUT2D eigenvalue weighted by Crippen LogP contribution is -2.29. The van der Waals surface area contributed by atoms with E-state index in [1.165, 1.54) is 11.1 Å². The maximum atomic E-state index is 6.01. The van der Waals surface area contributed by atoms with Gasteiger partial charge >= 0.3 is 0 Å². The van der Waals surface area contributed by atoms with Crippen LogP contribution in [-0.4, -0.2) is 30.6 Å². The van der Waals surface area contributed by atoms with Crippen LogP contribution in [0.3, 0.4) is 0 Å².